The van der Waals surface area contributed by atoms with Crippen molar-refractivity contribution in [2.24, 2.45) is 13.0 Å². The molecule has 2 heterocycles. The van der Waals surface area contributed by atoms with Crippen molar-refractivity contribution in [1.82, 2.24) is 15.1 Å². The molecule has 0 radical (unpaired) electrons. The number of amides is 1. The molecule has 138 valence electrons. The van der Waals surface area contributed by atoms with Gasteiger partial charge in [0.05, 0.1) is 11.9 Å². The van der Waals surface area contributed by atoms with Crippen molar-refractivity contribution >= 4 is 11.6 Å². The number of aryl methyl sites for hydroxylation is 1. The SMILES string of the molecule is Cn1ncc(N2CCC(C(=O)NCc3cc(F)ccc3F)CC2)cc1=O. The van der Waals surface area contributed by atoms with Gasteiger partial charge in [0.25, 0.3) is 5.56 Å². The van der Waals surface area contributed by atoms with Gasteiger partial charge in [-0.2, -0.15) is 5.10 Å². The van der Waals surface area contributed by atoms with Crippen LogP contribution in [0.2, 0.25) is 0 Å². The molecule has 1 fully saturated rings. The molecule has 1 amide bonds. The average Bonchev–Trinajstić information content (AvgIpc) is 2.64. The van der Waals surface area contributed by atoms with E-state index in [0.717, 1.165) is 23.9 Å². The Morgan fingerprint density at radius 3 is 2.69 bits per heavy atom. The summed E-state index contributed by atoms with van der Waals surface area (Å²) < 4.78 is 28.0. The summed E-state index contributed by atoms with van der Waals surface area (Å²) in [6.45, 7) is 1.21. The molecule has 1 aliphatic rings. The van der Waals surface area contributed by atoms with E-state index in [4.69, 9.17) is 0 Å². The molecule has 1 aliphatic heterocycles. The van der Waals surface area contributed by atoms with Crippen LogP contribution in [0, 0.1) is 17.6 Å². The minimum absolute atomic E-state index is 0.0404. The van der Waals surface area contributed by atoms with Gasteiger partial charge >= 0.3 is 0 Å². The predicted molar refractivity (Wildman–Crippen MR) is 92.6 cm³/mol. The van der Waals surface area contributed by atoms with Gasteiger partial charge in [-0.05, 0) is 31.0 Å². The second kappa shape index (κ2) is 7.63. The summed E-state index contributed by atoms with van der Waals surface area (Å²) >= 11 is 0. The molecule has 1 aromatic carbocycles. The van der Waals surface area contributed by atoms with Crippen molar-refractivity contribution in [3.05, 3.63) is 58.0 Å². The van der Waals surface area contributed by atoms with E-state index in [9.17, 15) is 18.4 Å². The maximum Gasteiger partial charge on any atom is 0.268 e. The summed E-state index contributed by atoms with van der Waals surface area (Å²) in [6.07, 6.45) is 2.87. The predicted octanol–water partition coefficient (Wildman–Crippen LogP) is 1.59. The number of nitrogens with one attached hydrogen (secondary N) is 1. The van der Waals surface area contributed by atoms with Crippen LogP contribution in [-0.2, 0) is 18.4 Å². The van der Waals surface area contributed by atoms with Gasteiger partial charge in [-0.1, -0.05) is 0 Å². The summed E-state index contributed by atoms with van der Waals surface area (Å²) in [4.78, 5) is 26.0. The normalized spacial score (nSPS) is 15.1. The van der Waals surface area contributed by atoms with Gasteiger partial charge < -0.3 is 10.2 Å². The zero-order chi connectivity index (χ0) is 18.7. The maximum atomic E-state index is 13.6. The van der Waals surface area contributed by atoms with E-state index in [0.29, 0.717) is 25.9 Å². The Balaban J connectivity index is 1.54. The highest BCUT2D eigenvalue weighted by atomic mass is 19.1. The summed E-state index contributed by atoms with van der Waals surface area (Å²) in [5.41, 5.74) is 0.690. The molecule has 1 N–H and O–H groups in total. The second-order valence-electron chi connectivity index (χ2n) is 6.39. The van der Waals surface area contributed by atoms with Crippen LogP contribution in [0.1, 0.15) is 18.4 Å². The quantitative estimate of drug-likeness (QED) is 0.897. The Hall–Kier alpha value is -2.77. The topological polar surface area (TPSA) is 67.2 Å². The smallest absolute Gasteiger partial charge is 0.268 e. The molecule has 8 heteroatoms. The van der Waals surface area contributed by atoms with Gasteiger partial charge in [0.1, 0.15) is 11.6 Å². The highest BCUT2D eigenvalue weighted by Crippen LogP contribution is 2.22. The van der Waals surface area contributed by atoms with Crippen LogP contribution in [0.3, 0.4) is 0 Å². The minimum Gasteiger partial charge on any atom is -0.370 e. The number of carbonyl (C=O) groups is 1. The summed E-state index contributed by atoms with van der Waals surface area (Å²) in [6, 6.07) is 4.71. The lowest BCUT2D eigenvalue weighted by atomic mass is 9.95. The molecule has 2 aromatic rings. The van der Waals surface area contributed by atoms with Crippen LogP contribution in [0.15, 0.2) is 35.3 Å². The number of carbonyl (C=O) groups excluding carboxylic acids is 1. The molecule has 26 heavy (non-hydrogen) atoms. The fraction of sp³-hybridized carbons (Fsp3) is 0.389. The van der Waals surface area contributed by atoms with Crippen molar-refractivity contribution in [2.45, 2.75) is 19.4 Å². The van der Waals surface area contributed by atoms with Crippen LogP contribution in [0.25, 0.3) is 0 Å². The van der Waals surface area contributed by atoms with E-state index in [1.54, 1.807) is 13.2 Å². The number of hydrogen-bond acceptors (Lipinski definition) is 4. The van der Waals surface area contributed by atoms with Crippen molar-refractivity contribution in [1.29, 1.82) is 0 Å². The molecule has 0 aliphatic carbocycles. The molecule has 3 rings (SSSR count). The van der Waals surface area contributed by atoms with Crippen LogP contribution in [-0.4, -0.2) is 28.8 Å². The molecule has 1 aromatic heterocycles. The number of piperidine rings is 1. The van der Waals surface area contributed by atoms with Gasteiger partial charge in [-0.15, -0.1) is 0 Å². The van der Waals surface area contributed by atoms with Crippen LogP contribution < -0.4 is 15.8 Å². The Bertz CT molecular complexity index is 861. The first-order valence-electron chi connectivity index (χ1n) is 8.44. The third kappa shape index (κ3) is 4.07. The third-order valence-corrected chi connectivity index (χ3v) is 4.65. The lowest BCUT2D eigenvalue weighted by Crippen LogP contribution is -2.41. The van der Waals surface area contributed by atoms with Crippen molar-refractivity contribution in [3.8, 4) is 0 Å². The Morgan fingerprint density at radius 2 is 2.00 bits per heavy atom. The number of nitrogens with zero attached hydrogens (tertiary/aromatic N) is 3. The molecule has 0 unspecified atom stereocenters. The molecule has 0 bridgehead atoms. The van der Waals surface area contributed by atoms with Crippen molar-refractivity contribution in [3.63, 3.8) is 0 Å². The molecule has 0 spiro atoms. The van der Waals surface area contributed by atoms with Gasteiger partial charge in [0.15, 0.2) is 0 Å². The first-order valence-corrected chi connectivity index (χ1v) is 8.44. The van der Waals surface area contributed by atoms with Crippen LogP contribution in [0.4, 0.5) is 14.5 Å². The van der Waals surface area contributed by atoms with Gasteiger partial charge in [-0.3, -0.25) is 9.59 Å². The Labute approximate surface area is 149 Å². The molecule has 0 atom stereocenters. The number of rotatable bonds is 4. The average molecular weight is 362 g/mol. The van der Waals surface area contributed by atoms with Crippen molar-refractivity contribution < 1.29 is 13.6 Å². The molecule has 0 saturated carbocycles. The molecule has 6 nitrogen and oxygen atoms in total. The van der Waals surface area contributed by atoms with Crippen LogP contribution in [0.5, 0.6) is 0 Å². The highest BCUT2D eigenvalue weighted by molar-refractivity contribution is 5.79. The second-order valence-corrected chi connectivity index (χ2v) is 6.39. The largest absolute Gasteiger partial charge is 0.370 e. The first-order chi connectivity index (χ1) is 12.4. The summed E-state index contributed by atoms with van der Waals surface area (Å²) in [7, 11) is 1.59. The first kappa shape index (κ1) is 18.0. The van der Waals surface area contributed by atoms with Gasteiger partial charge in [0.2, 0.25) is 5.91 Å². The van der Waals surface area contributed by atoms with Gasteiger partial charge in [0, 0.05) is 44.2 Å². The third-order valence-electron chi connectivity index (χ3n) is 4.65. The number of aromatic nitrogens is 2. The highest BCUT2D eigenvalue weighted by Gasteiger charge is 2.25. The molecular formula is C18H20F2N4O2. The zero-order valence-electron chi connectivity index (χ0n) is 14.4. The van der Waals surface area contributed by atoms with E-state index in [1.165, 1.54) is 10.7 Å². The minimum atomic E-state index is -0.542. The van der Waals surface area contributed by atoms with Crippen molar-refractivity contribution in [2.75, 3.05) is 18.0 Å². The monoisotopic (exact) mass is 362 g/mol. The summed E-state index contributed by atoms with van der Waals surface area (Å²) in [5.74, 6) is -1.44. The number of halogens is 2. The number of anilines is 1. The maximum absolute atomic E-state index is 13.6. The van der Waals surface area contributed by atoms with E-state index < -0.39 is 11.6 Å². The van der Waals surface area contributed by atoms with E-state index in [1.807, 2.05) is 4.90 Å². The Morgan fingerprint density at radius 1 is 1.27 bits per heavy atom. The summed E-state index contributed by atoms with van der Waals surface area (Å²) in [5, 5.41) is 6.68. The molecular weight excluding hydrogens is 342 g/mol. The van der Waals surface area contributed by atoms with E-state index in [-0.39, 0.29) is 29.5 Å². The van der Waals surface area contributed by atoms with Gasteiger partial charge in [-0.25, -0.2) is 13.5 Å². The molecule has 1 saturated heterocycles. The fourth-order valence-electron chi connectivity index (χ4n) is 3.04. The standard InChI is InChI=1S/C18H20F2N4O2/c1-23-17(25)9-15(11-22-23)24-6-4-12(5-7-24)18(26)21-10-13-8-14(19)2-3-16(13)20/h2-3,8-9,11-12H,4-7,10H2,1H3,(H,21,26). The number of hydrogen-bond donors (Lipinski definition) is 1. The van der Waals surface area contributed by atoms with Crippen LogP contribution >= 0.6 is 0 Å². The number of benzene rings is 1. The zero-order valence-corrected chi connectivity index (χ0v) is 14.4. The lowest BCUT2D eigenvalue weighted by Gasteiger charge is -2.32. The van der Waals surface area contributed by atoms with E-state index in [2.05, 4.69) is 10.4 Å². The lowest BCUT2D eigenvalue weighted by molar-refractivity contribution is -0.125. The van der Waals surface area contributed by atoms with E-state index >= 15 is 0 Å². The fourth-order valence-corrected chi connectivity index (χ4v) is 3.04. The Kier molecular flexibility index (Phi) is 5.29.